The van der Waals surface area contributed by atoms with Crippen LogP contribution in [0.5, 0.6) is 0 Å². The quantitative estimate of drug-likeness (QED) is 0.157. The van der Waals surface area contributed by atoms with E-state index >= 15 is 0 Å². The van der Waals surface area contributed by atoms with Gasteiger partial charge in [-0.15, -0.1) is 0 Å². The number of rotatable bonds is 7. The van der Waals surface area contributed by atoms with Crippen molar-refractivity contribution in [1.82, 2.24) is 0 Å². The molecule has 0 atom stereocenters. The monoisotopic (exact) mass is 276 g/mol. The van der Waals surface area contributed by atoms with Crippen LogP contribution in [-0.4, -0.2) is 69.1 Å². The van der Waals surface area contributed by atoms with Gasteiger partial charge in [-0.2, -0.15) is 0 Å². The molecule has 10 heteroatoms. The maximum atomic E-state index is 8.51. The SMILES string of the molecule is OCCCC(CO)CO.O[Si](O)(O)OO[SiH3]. The molecular weight excluding hydrogens is 256 g/mol. The molecule has 0 heterocycles. The van der Waals surface area contributed by atoms with Crippen LogP contribution >= 0.6 is 0 Å². The van der Waals surface area contributed by atoms with Crippen LogP contribution in [0.25, 0.3) is 0 Å². The summed E-state index contributed by atoms with van der Waals surface area (Å²) in [7, 11) is -4.14. The first-order valence-electron chi connectivity index (χ1n) is 4.62. The minimum absolute atomic E-state index is 0.0104. The maximum absolute atomic E-state index is 8.51. The Labute approximate surface area is 97.7 Å². The van der Waals surface area contributed by atoms with Gasteiger partial charge in [0.2, 0.25) is 0 Å². The van der Waals surface area contributed by atoms with E-state index in [4.69, 9.17) is 29.7 Å². The molecule has 6 N–H and O–H groups in total. The topological polar surface area (TPSA) is 140 Å². The van der Waals surface area contributed by atoms with Gasteiger partial charge in [-0.1, -0.05) is 0 Å². The predicted octanol–water partition coefficient (Wildman–Crippen LogP) is -4.01. The second kappa shape index (κ2) is 11.6. The van der Waals surface area contributed by atoms with Gasteiger partial charge in [0, 0.05) is 25.7 Å². The first-order valence-corrected chi connectivity index (χ1v) is 7.19. The van der Waals surface area contributed by atoms with E-state index < -0.39 is 9.05 Å². The molecule has 0 radical (unpaired) electrons. The third kappa shape index (κ3) is 16.5. The molecule has 0 spiro atoms. The first kappa shape index (κ1) is 18.5. The van der Waals surface area contributed by atoms with E-state index in [9.17, 15) is 0 Å². The van der Waals surface area contributed by atoms with Crippen molar-refractivity contribution in [1.29, 1.82) is 0 Å². The smallest absolute Gasteiger partial charge is 0.396 e. The summed E-state index contributed by atoms with van der Waals surface area (Å²) < 4.78 is 7.45. The molecule has 0 aliphatic rings. The number of hydrogen-bond acceptors (Lipinski definition) is 8. The Hall–Kier alpha value is 0.114. The summed E-state index contributed by atoms with van der Waals surface area (Å²) in [5.74, 6) is -0.0443. The van der Waals surface area contributed by atoms with Gasteiger partial charge in [-0.25, -0.2) is 4.58 Å². The van der Waals surface area contributed by atoms with Gasteiger partial charge < -0.3 is 34.3 Å². The highest BCUT2D eigenvalue weighted by Gasteiger charge is 2.31. The van der Waals surface area contributed by atoms with E-state index in [0.717, 1.165) is 0 Å². The zero-order valence-electron chi connectivity index (χ0n) is 9.11. The predicted molar refractivity (Wildman–Crippen MR) is 58.5 cm³/mol. The van der Waals surface area contributed by atoms with E-state index in [1.165, 1.54) is 0 Å². The van der Waals surface area contributed by atoms with E-state index in [1.807, 2.05) is 0 Å². The molecule has 0 saturated heterocycles. The van der Waals surface area contributed by atoms with Crippen LogP contribution in [0.15, 0.2) is 0 Å². The lowest BCUT2D eigenvalue weighted by molar-refractivity contribution is -0.173. The molecule has 100 valence electrons. The molecule has 16 heavy (non-hydrogen) atoms. The van der Waals surface area contributed by atoms with Gasteiger partial charge in [0.25, 0.3) is 0 Å². The van der Waals surface area contributed by atoms with Gasteiger partial charge >= 0.3 is 9.05 Å². The van der Waals surface area contributed by atoms with E-state index in [0.29, 0.717) is 12.8 Å². The lowest BCUT2D eigenvalue weighted by Crippen LogP contribution is -2.38. The van der Waals surface area contributed by atoms with Crippen molar-refractivity contribution in [3.05, 3.63) is 0 Å². The van der Waals surface area contributed by atoms with Crippen LogP contribution in [-0.2, 0) is 9.15 Å². The van der Waals surface area contributed by atoms with Crippen LogP contribution in [0.2, 0.25) is 0 Å². The minimum atomic E-state index is -4.34. The van der Waals surface area contributed by atoms with E-state index in [-0.39, 0.29) is 36.2 Å². The van der Waals surface area contributed by atoms with Crippen molar-refractivity contribution in [3.63, 3.8) is 0 Å². The van der Waals surface area contributed by atoms with E-state index in [1.54, 1.807) is 0 Å². The Morgan fingerprint density at radius 2 is 1.56 bits per heavy atom. The highest BCUT2D eigenvalue weighted by atomic mass is 28.4. The van der Waals surface area contributed by atoms with Crippen LogP contribution in [0.3, 0.4) is 0 Å². The Morgan fingerprint density at radius 3 is 1.75 bits per heavy atom. The maximum Gasteiger partial charge on any atom is 0.698 e. The van der Waals surface area contributed by atoms with Crippen LogP contribution < -0.4 is 0 Å². The van der Waals surface area contributed by atoms with Crippen LogP contribution in [0.4, 0.5) is 0 Å². The fourth-order valence-electron chi connectivity index (χ4n) is 0.732. The minimum Gasteiger partial charge on any atom is -0.396 e. The number of aliphatic hydroxyl groups excluding tert-OH is 3. The fraction of sp³-hybridized carbons (Fsp3) is 1.00. The van der Waals surface area contributed by atoms with Gasteiger partial charge in [-0.3, -0.25) is 0 Å². The van der Waals surface area contributed by atoms with E-state index in [2.05, 4.69) is 9.15 Å². The Kier molecular flexibility index (Phi) is 13.4. The largest absolute Gasteiger partial charge is 0.698 e. The molecule has 0 bridgehead atoms. The standard InChI is InChI=1S/C6H14O3.H6O5Si2/c7-3-1-2-6(4-8)5-9;1-7(2,3)5-4-6/h6-9H,1-5H2;1-3H,6H3. The van der Waals surface area contributed by atoms with Crippen molar-refractivity contribution >= 4 is 19.5 Å². The molecule has 0 fully saturated rings. The number of hydrogen-bond donors (Lipinski definition) is 6. The van der Waals surface area contributed by atoms with Crippen molar-refractivity contribution < 1.29 is 38.9 Å². The summed E-state index contributed by atoms with van der Waals surface area (Å²) in [6, 6.07) is 0. The summed E-state index contributed by atoms with van der Waals surface area (Å²) in [6.07, 6.45) is 1.36. The third-order valence-corrected chi connectivity index (χ3v) is 2.37. The summed E-state index contributed by atoms with van der Waals surface area (Å²) in [6.45, 7) is 0.156. The molecule has 0 rings (SSSR count). The summed E-state index contributed by atoms with van der Waals surface area (Å²) >= 11 is 0. The van der Waals surface area contributed by atoms with Gasteiger partial charge in [0.1, 0.15) is 0 Å². The molecule has 0 amide bonds. The van der Waals surface area contributed by atoms with Crippen LogP contribution in [0.1, 0.15) is 12.8 Å². The lowest BCUT2D eigenvalue weighted by Gasteiger charge is -2.07. The molecular formula is C6H20O8Si2. The fourth-order valence-corrected chi connectivity index (χ4v) is 1.63. The van der Waals surface area contributed by atoms with Crippen molar-refractivity contribution in [3.8, 4) is 0 Å². The molecule has 0 aromatic heterocycles. The van der Waals surface area contributed by atoms with Gasteiger partial charge in [-0.05, 0) is 12.8 Å². The lowest BCUT2D eigenvalue weighted by atomic mass is 10.1. The Balaban J connectivity index is 0. The van der Waals surface area contributed by atoms with Gasteiger partial charge in [0.05, 0.1) is 0 Å². The van der Waals surface area contributed by atoms with Crippen molar-refractivity contribution in [2.75, 3.05) is 19.8 Å². The third-order valence-electron chi connectivity index (χ3n) is 1.48. The summed E-state index contributed by atoms with van der Waals surface area (Å²) in [4.78, 5) is 23.8. The zero-order valence-corrected chi connectivity index (χ0v) is 12.1. The number of aliphatic hydroxyl groups is 3. The highest BCUT2D eigenvalue weighted by molar-refractivity contribution is 6.48. The summed E-state index contributed by atoms with van der Waals surface area (Å²) in [5, 5.41) is 25.4. The Morgan fingerprint density at radius 1 is 1.06 bits per heavy atom. The highest BCUT2D eigenvalue weighted by Crippen LogP contribution is 2.02. The van der Waals surface area contributed by atoms with Gasteiger partial charge in [0.15, 0.2) is 10.5 Å². The molecule has 0 aliphatic heterocycles. The molecule has 0 unspecified atom stereocenters. The second-order valence-corrected chi connectivity index (χ2v) is 4.57. The molecule has 0 aromatic carbocycles. The van der Waals surface area contributed by atoms with Crippen molar-refractivity contribution in [2.24, 2.45) is 5.92 Å². The Bertz CT molecular complexity index is 137. The first-order chi connectivity index (χ1) is 7.41. The molecule has 0 saturated carbocycles. The van der Waals surface area contributed by atoms with Crippen molar-refractivity contribution in [2.45, 2.75) is 12.8 Å². The molecule has 8 nitrogen and oxygen atoms in total. The van der Waals surface area contributed by atoms with Crippen LogP contribution in [0, 0.1) is 5.92 Å². The second-order valence-electron chi connectivity index (χ2n) is 2.92. The zero-order chi connectivity index (χ0) is 13.0. The molecule has 0 aromatic rings. The summed E-state index contributed by atoms with van der Waals surface area (Å²) in [5.41, 5.74) is 0. The average molecular weight is 276 g/mol. The average Bonchev–Trinajstić information content (AvgIpc) is 2.19. The molecule has 0 aliphatic carbocycles. The normalized spacial score (nSPS) is 11.4.